The molecule has 1 aromatic rings. The highest BCUT2D eigenvalue weighted by Gasteiger charge is 2.46. The largest absolute Gasteiger partial charge is 0.508 e. The molecule has 7 atom stereocenters. The number of phenolic OH excluding ortho intramolecular Hbond substituents is 1. The molecule has 6 N–H and O–H groups in total. The predicted octanol–water partition coefficient (Wildman–Crippen LogP) is -0.428. The summed E-state index contributed by atoms with van der Waals surface area (Å²) in [6.45, 7) is 0.958. The van der Waals surface area contributed by atoms with Gasteiger partial charge in [0.25, 0.3) is 0 Å². The van der Waals surface area contributed by atoms with Gasteiger partial charge in [-0.3, -0.25) is 4.79 Å². The van der Waals surface area contributed by atoms with Crippen LogP contribution in [-0.2, 0) is 35.0 Å². The first-order valence-corrected chi connectivity index (χ1v) is 11.3. The Kier molecular flexibility index (Phi) is 9.43. The molecule has 0 bridgehead atoms. The third-order valence-electron chi connectivity index (χ3n) is 6.02. The normalized spacial score (nSPS) is 31.4. The van der Waals surface area contributed by atoms with E-state index in [1.54, 1.807) is 19.1 Å². The number of carbonyl (C=O) groups excluding carboxylic acids is 1. The van der Waals surface area contributed by atoms with E-state index in [-0.39, 0.29) is 29.9 Å². The number of ether oxygens (including phenoxy) is 4. The van der Waals surface area contributed by atoms with E-state index in [1.165, 1.54) is 18.2 Å². The number of hydrogen-bond acceptors (Lipinski definition) is 11. The Labute approximate surface area is 206 Å². The number of carboxylic acid groups (broad SMARTS) is 1. The second-order valence-electron chi connectivity index (χ2n) is 8.36. The molecule has 0 amide bonds. The van der Waals surface area contributed by atoms with E-state index >= 15 is 0 Å². The summed E-state index contributed by atoms with van der Waals surface area (Å²) in [6, 6.07) is 6.39. The maximum absolute atomic E-state index is 12.6. The maximum Gasteiger partial charge on any atom is 0.335 e. The number of aliphatic hydroxyl groups excluding tert-OH is 4. The van der Waals surface area contributed by atoms with Crippen LogP contribution in [0.4, 0.5) is 0 Å². The minimum absolute atomic E-state index is 0.0366. The maximum atomic E-state index is 12.6. The molecule has 0 aliphatic carbocycles. The van der Waals surface area contributed by atoms with Crippen molar-refractivity contribution >= 4 is 11.9 Å². The summed E-state index contributed by atoms with van der Waals surface area (Å²) in [7, 11) is 0. The molecule has 0 saturated carbocycles. The molecule has 0 radical (unpaired) electrons. The fourth-order valence-electron chi connectivity index (χ4n) is 3.99. The average molecular weight is 510 g/mol. The van der Waals surface area contributed by atoms with Crippen molar-refractivity contribution < 1.29 is 59.2 Å². The number of phenols is 1. The van der Waals surface area contributed by atoms with E-state index in [2.05, 4.69) is 0 Å². The van der Waals surface area contributed by atoms with Crippen LogP contribution in [0.5, 0.6) is 5.75 Å². The molecule has 2 heterocycles. The van der Waals surface area contributed by atoms with Crippen LogP contribution in [0.25, 0.3) is 0 Å². The van der Waals surface area contributed by atoms with Gasteiger partial charge in [-0.25, -0.2) is 4.79 Å². The monoisotopic (exact) mass is 510 g/mol. The molecule has 1 fully saturated rings. The van der Waals surface area contributed by atoms with Gasteiger partial charge in [0.15, 0.2) is 6.29 Å². The van der Waals surface area contributed by atoms with Gasteiger partial charge < -0.3 is 49.6 Å². The van der Waals surface area contributed by atoms with Gasteiger partial charge in [0.05, 0.1) is 31.5 Å². The van der Waals surface area contributed by atoms with Crippen molar-refractivity contribution in [2.75, 3.05) is 13.2 Å². The first-order valence-electron chi connectivity index (χ1n) is 11.3. The molecule has 12 heteroatoms. The minimum atomic E-state index is -1.70. The number of rotatable bonds is 9. The Hall–Kier alpha value is -3.00. The van der Waals surface area contributed by atoms with Gasteiger partial charge in [0, 0.05) is 17.9 Å². The summed E-state index contributed by atoms with van der Waals surface area (Å²) < 4.78 is 21.6. The number of hydrogen-bond donors (Lipinski definition) is 6. The molecule has 2 aliphatic heterocycles. The van der Waals surface area contributed by atoms with Crippen molar-refractivity contribution in [2.45, 2.75) is 56.8 Å². The Bertz CT molecular complexity index is 970. The standard InChI is InChI=1S/C24H30O12/c1-2-14-15(9-18(27)33-8-7-12-3-5-13(26)6-4-12)16(22(31)32)11-34-23(14)36-24-21(30)20(29)19(28)17(10-25)35-24/h2-6,11,15,17,19-21,23-26,28-30H,7-10H2,1H3,(H,31,32)/b14-2+/t15-,17-,19-,20+,21-,23-,24+/m0/s1. The van der Waals surface area contributed by atoms with Gasteiger partial charge in [0.2, 0.25) is 6.29 Å². The van der Waals surface area contributed by atoms with Crippen LogP contribution < -0.4 is 0 Å². The van der Waals surface area contributed by atoms with Gasteiger partial charge >= 0.3 is 11.9 Å². The summed E-state index contributed by atoms with van der Waals surface area (Å²) >= 11 is 0. The van der Waals surface area contributed by atoms with E-state index in [4.69, 9.17) is 18.9 Å². The van der Waals surface area contributed by atoms with Crippen molar-refractivity contribution in [2.24, 2.45) is 5.92 Å². The Morgan fingerprint density at radius 1 is 1.08 bits per heavy atom. The van der Waals surface area contributed by atoms with E-state index < -0.39 is 61.5 Å². The van der Waals surface area contributed by atoms with Gasteiger partial charge in [-0.05, 0) is 24.6 Å². The molecule has 1 aromatic carbocycles. The molecule has 3 rings (SSSR count). The number of benzene rings is 1. The number of carboxylic acids is 1. The third kappa shape index (κ3) is 6.40. The van der Waals surface area contributed by atoms with Crippen LogP contribution >= 0.6 is 0 Å². The molecular weight excluding hydrogens is 480 g/mol. The summed E-state index contributed by atoms with van der Waals surface area (Å²) in [5, 5.41) is 58.5. The van der Waals surface area contributed by atoms with Gasteiger partial charge in [-0.15, -0.1) is 0 Å². The van der Waals surface area contributed by atoms with Crippen LogP contribution in [0, 0.1) is 5.92 Å². The van der Waals surface area contributed by atoms with Crippen molar-refractivity contribution in [3.63, 3.8) is 0 Å². The quantitative estimate of drug-likeness (QED) is 0.186. The number of aromatic hydroxyl groups is 1. The van der Waals surface area contributed by atoms with Gasteiger partial charge in [-0.1, -0.05) is 18.2 Å². The van der Waals surface area contributed by atoms with E-state index in [1.807, 2.05) is 0 Å². The second kappa shape index (κ2) is 12.3. The summed E-state index contributed by atoms with van der Waals surface area (Å²) in [6.07, 6.45) is -6.52. The first-order chi connectivity index (χ1) is 17.2. The van der Waals surface area contributed by atoms with Crippen molar-refractivity contribution in [3.8, 4) is 5.75 Å². The molecule has 0 aromatic heterocycles. The Morgan fingerprint density at radius 3 is 2.39 bits per heavy atom. The van der Waals surface area contributed by atoms with E-state index in [9.17, 15) is 40.2 Å². The van der Waals surface area contributed by atoms with Crippen LogP contribution in [0.1, 0.15) is 18.9 Å². The lowest BCUT2D eigenvalue weighted by molar-refractivity contribution is -0.327. The highest BCUT2D eigenvalue weighted by Crippen LogP contribution is 2.35. The topological polar surface area (TPSA) is 192 Å². The van der Waals surface area contributed by atoms with Gasteiger partial charge in [-0.2, -0.15) is 0 Å². The Morgan fingerprint density at radius 2 is 1.78 bits per heavy atom. The average Bonchev–Trinajstić information content (AvgIpc) is 2.85. The Balaban J connectivity index is 1.68. The number of aliphatic carboxylic acids is 1. The zero-order valence-electron chi connectivity index (χ0n) is 19.5. The van der Waals surface area contributed by atoms with Crippen molar-refractivity contribution in [3.05, 3.63) is 53.3 Å². The van der Waals surface area contributed by atoms with E-state index in [0.717, 1.165) is 11.8 Å². The molecule has 1 saturated heterocycles. The highest BCUT2D eigenvalue weighted by molar-refractivity contribution is 5.89. The van der Waals surface area contributed by atoms with Crippen molar-refractivity contribution in [1.29, 1.82) is 0 Å². The number of aliphatic hydroxyl groups is 4. The summed E-state index contributed by atoms with van der Waals surface area (Å²) in [5.74, 6) is -2.86. The third-order valence-corrected chi connectivity index (χ3v) is 6.02. The highest BCUT2D eigenvalue weighted by atomic mass is 16.8. The fourth-order valence-corrected chi connectivity index (χ4v) is 3.99. The number of allylic oxidation sites excluding steroid dienone is 1. The smallest absolute Gasteiger partial charge is 0.335 e. The van der Waals surface area contributed by atoms with Crippen LogP contribution in [0.15, 0.2) is 47.7 Å². The summed E-state index contributed by atoms with van der Waals surface area (Å²) in [5.41, 5.74) is 0.856. The van der Waals surface area contributed by atoms with Gasteiger partial charge in [0.1, 0.15) is 30.2 Å². The van der Waals surface area contributed by atoms with Crippen molar-refractivity contribution in [1.82, 2.24) is 0 Å². The first kappa shape index (κ1) is 27.6. The molecular formula is C24H30O12. The minimum Gasteiger partial charge on any atom is -0.508 e. The summed E-state index contributed by atoms with van der Waals surface area (Å²) in [4.78, 5) is 24.4. The molecule has 0 spiro atoms. The van der Waals surface area contributed by atoms with Crippen LogP contribution in [-0.4, -0.2) is 92.8 Å². The van der Waals surface area contributed by atoms with E-state index in [0.29, 0.717) is 6.42 Å². The zero-order valence-corrected chi connectivity index (χ0v) is 19.5. The lowest BCUT2D eigenvalue weighted by Crippen LogP contribution is -2.60. The lowest BCUT2D eigenvalue weighted by Gasteiger charge is -2.41. The molecule has 198 valence electrons. The fraction of sp³-hybridized carbons (Fsp3) is 0.500. The lowest BCUT2D eigenvalue weighted by atomic mass is 9.86. The molecule has 2 aliphatic rings. The SMILES string of the molecule is C/C=C1/[C@H](O[C@H]2O[C@@H](CO)[C@H](O)[C@@H](O)[C@@H]2O)OC=C(C(=O)O)[C@H]1CC(=O)OCCc1ccc(O)cc1. The molecule has 0 unspecified atom stereocenters. The molecule has 12 nitrogen and oxygen atoms in total. The molecule has 36 heavy (non-hydrogen) atoms. The number of carbonyl (C=O) groups is 2. The second-order valence-corrected chi connectivity index (χ2v) is 8.36. The van der Waals surface area contributed by atoms with Crippen LogP contribution in [0.3, 0.4) is 0 Å². The predicted molar refractivity (Wildman–Crippen MR) is 120 cm³/mol. The van der Waals surface area contributed by atoms with Crippen LogP contribution in [0.2, 0.25) is 0 Å². The zero-order chi connectivity index (χ0) is 26.4. The number of esters is 1.